The highest BCUT2D eigenvalue weighted by Crippen LogP contribution is 2.35. The van der Waals surface area contributed by atoms with E-state index in [4.69, 9.17) is 9.84 Å². The van der Waals surface area contributed by atoms with Crippen molar-refractivity contribution in [3.63, 3.8) is 0 Å². The van der Waals surface area contributed by atoms with Crippen LogP contribution in [0.5, 0.6) is 5.75 Å². The van der Waals surface area contributed by atoms with E-state index in [9.17, 15) is 9.18 Å². The molecule has 1 aromatic rings. The lowest BCUT2D eigenvalue weighted by Gasteiger charge is -2.37. The molecule has 0 fully saturated rings. The minimum Gasteiger partial charge on any atom is -0.478 e. The summed E-state index contributed by atoms with van der Waals surface area (Å²) in [6.07, 6.45) is -0.928. The van der Waals surface area contributed by atoms with Gasteiger partial charge in [0.1, 0.15) is 11.6 Å². The van der Waals surface area contributed by atoms with Crippen molar-refractivity contribution < 1.29 is 19.0 Å². The lowest BCUT2D eigenvalue weighted by atomic mass is 10.1. The topological polar surface area (TPSA) is 49.8 Å². The first kappa shape index (κ1) is 10.7. The predicted molar refractivity (Wildman–Crippen MR) is 56.3 cm³/mol. The summed E-state index contributed by atoms with van der Waals surface area (Å²) in [5, 5.41) is 8.98. The Hall–Kier alpha value is -1.78. The summed E-state index contributed by atoms with van der Waals surface area (Å²) in [5.41, 5.74) is 0.574. The lowest BCUT2D eigenvalue weighted by molar-refractivity contribution is -0.146. The van der Waals surface area contributed by atoms with Crippen LogP contribution in [0.3, 0.4) is 0 Å². The second-order valence-electron chi connectivity index (χ2n) is 3.84. The van der Waals surface area contributed by atoms with Gasteiger partial charge < -0.3 is 14.7 Å². The van der Waals surface area contributed by atoms with Gasteiger partial charge in [-0.05, 0) is 19.1 Å². The minimum atomic E-state index is -1.02. The monoisotopic (exact) mass is 225 g/mol. The van der Waals surface area contributed by atoms with Crippen molar-refractivity contribution >= 4 is 11.7 Å². The largest absolute Gasteiger partial charge is 0.478 e. The number of carbonyl (C=O) groups is 1. The van der Waals surface area contributed by atoms with E-state index in [1.54, 1.807) is 18.9 Å². The molecule has 2 rings (SSSR count). The summed E-state index contributed by atoms with van der Waals surface area (Å²) in [7, 11) is 1.72. The molecule has 0 radical (unpaired) electrons. The quantitative estimate of drug-likeness (QED) is 0.786. The van der Waals surface area contributed by atoms with E-state index >= 15 is 0 Å². The molecular weight excluding hydrogens is 213 g/mol. The third-order valence-electron chi connectivity index (χ3n) is 2.85. The molecule has 0 saturated carbocycles. The van der Waals surface area contributed by atoms with Gasteiger partial charge in [0.05, 0.1) is 11.7 Å². The second-order valence-corrected chi connectivity index (χ2v) is 3.84. The molecule has 0 bridgehead atoms. The Morgan fingerprint density at radius 3 is 2.88 bits per heavy atom. The van der Waals surface area contributed by atoms with Gasteiger partial charge in [0, 0.05) is 13.1 Å². The Labute approximate surface area is 92.2 Å². The molecule has 16 heavy (non-hydrogen) atoms. The lowest BCUT2D eigenvalue weighted by Crippen LogP contribution is -2.50. The zero-order valence-electron chi connectivity index (χ0n) is 8.98. The van der Waals surface area contributed by atoms with Gasteiger partial charge in [0.2, 0.25) is 6.10 Å². The molecule has 1 aromatic carbocycles. The number of likely N-dealkylation sites (N-methyl/N-ethyl adjacent to an activating group) is 1. The molecule has 0 spiro atoms. The summed E-state index contributed by atoms with van der Waals surface area (Å²) in [6, 6.07) is 3.70. The number of rotatable bonds is 1. The van der Waals surface area contributed by atoms with Crippen LogP contribution in [0.1, 0.15) is 6.92 Å². The van der Waals surface area contributed by atoms with E-state index in [1.807, 2.05) is 0 Å². The molecule has 1 N–H and O–H groups in total. The van der Waals surface area contributed by atoms with Crippen molar-refractivity contribution in [3.05, 3.63) is 24.0 Å². The van der Waals surface area contributed by atoms with E-state index < -0.39 is 12.1 Å². The molecule has 2 atom stereocenters. The van der Waals surface area contributed by atoms with Crippen molar-refractivity contribution in [1.29, 1.82) is 0 Å². The summed E-state index contributed by atoms with van der Waals surface area (Å²) in [4.78, 5) is 12.7. The first-order valence-corrected chi connectivity index (χ1v) is 4.92. The molecular formula is C11H12FNO3. The fraction of sp³-hybridized carbons (Fsp3) is 0.364. The molecule has 2 unspecified atom stereocenters. The summed E-state index contributed by atoms with van der Waals surface area (Å²) in [6.45, 7) is 1.73. The first-order valence-electron chi connectivity index (χ1n) is 4.92. The fourth-order valence-electron chi connectivity index (χ4n) is 1.78. The number of aliphatic carboxylic acids is 1. The van der Waals surface area contributed by atoms with E-state index in [0.717, 1.165) is 0 Å². The Balaban J connectivity index is 2.44. The van der Waals surface area contributed by atoms with Gasteiger partial charge in [-0.3, -0.25) is 0 Å². The molecule has 5 heteroatoms. The van der Waals surface area contributed by atoms with Crippen molar-refractivity contribution in [3.8, 4) is 5.75 Å². The minimum absolute atomic E-state index is 0.341. The van der Waals surface area contributed by atoms with Crippen LogP contribution in [-0.4, -0.2) is 30.3 Å². The normalized spacial score (nSPS) is 23.6. The van der Waals surface area contributed by atoms with Crippen LogP contribution in [0.15, 0.2) is 18.2 Å². The molecule has 0 saturated heterocycles. The Bertz CT molecular complexity index is 435. The zero-order valence-corrected chi connectivity index (χ0v) is 8.98. The van der Waals surface area contributed by atoms with E-state index in [2.05, 4.69) is 0 Å². The number of fused-ring (bicyclic) bond motifs is 1. The number of benzene rings is 1. The second kappa shape index (κ2) is 3.66. The van der Waals surface area contributed by atoms with Crippen molar-refractivity contribution in [2.45, 2.75) is 19.1 Å². The summed E-state index contributed by atoms with van der Waals surface area (Å²) >= 11 is 0. The predicted octanol–water partition coefficient (Wildman–Crippen LogP) is 1.50. The molecule has 0 aliphatic carbocycles. The van der Waals surface area contributed by atoms with Crippen molar-refractivity contribution in [2.75, 3.05) is 11.9 Å². The number of hydrogen-bond donors (Lipinski definition) is 1. The van der Waals surface area contributed by atoms with Crippen LogP contribution in [0.25, 0.3) is 0 Å². The highest BCUT2D eigenvalue weighted by atomic mass is 19.1. The standard InChI is InChI=1S/C11H12FNO3/c1-6-10(11(14)15)16-9-4-3-7(12)5-8(9)13(6)2/h3-6,10H,1-2H3,(H,14,15). The maximum Gasteiger partial charge on any atom is 0.347 e. The molecule has 86 valence electrons. The number of hydrogen-bond acceptors (Lipinski definition) is 3. The number of halogens is 1. The maximum atomic E-state index is 13.1. The highest BCUT2D eigenvalue weighted by molar-refractivity contribution is 5.77. The van der Waals surface area contributed by atoms with Gasteiger partial charge in [-0.15, -0.1) is 0 Å². The van der Waals surface area contributed by atoms with Gasteiger partial charge in [-0.2, -0.15) is 0 Å². The number of nitrogens with zero attached hydrogens (tertiary/aromatic N) is 1. The number of carboxylic acid groups (broad SMARTS) is 1. The summed E-state index contributed by atoms with van der Waals surface area (Å²) in [5.74, 6) is -0.987. The average Bonchev–Trinajstić information content (AvgIpc) is 2.23. The van der Waals surface area contributed by atoms with E-state index in [-0.39, 0.29) is 11.9 Å². The van der Waals surface area contributed by atoms with Gasteiger partial charge in [0.15, 0.2) is 0 Å². The Morgan fingerprint density at radius 1 is 1.56 bits per heavy atom. The third-order valence-corrected chi connectivity index (χ3v) is 2.85. The Morgan fingerprint density at radius 2 is 2.25 bits per heavy atom. The highest BCUT2D eigenvalue weighted by Gasteiger charge is 2.35. The molecule has 1 aliphatic heterocycles. The SMILES string of the molecule is CC1C(C(=O)O)Oc2ccc(F)cc2N1C. The van der Waals surface area contributed by atoms with E-state index in [0.29, 0.717) is 11.4 Å². The molecule has 1 heterocycles. The third kappa shape index (κ3) is 1.58. The number of carboxylic acids is 1. The molecule has 4 nitrogen and oxygen atoms in total. The number of ether oxygens (including phenoxy) is 1. The molecule has 0 aromatic heterocycles. The van der Waals surface area contributed by atoms with Crippen LogP contribution in [-0.2, 0) is 4.79 Å². The zero-order chi connectivity index (χ0) is 11.9. The summed E-state index contributed by atoms with van der Waals surface area (Å²) < 4.78 is 18.4. The first-order chi connectivity index (χ1) is 7.50. The van der Waals surface area contributed by atoms with E-state index in [1.165, 1.54) is 18.2 Å². The van der Waals surface area contributed by atoms with Crippen LogP contribution in [0.4, 0.5) is 10.1 Å². The van der Waals surface area contributed by atoms with Crippen molar-refractivity contribution in [1.82, 2.24) is 0 Å². The maximum absolute atomic E-state index is 13.1. The van der Waals surface area contributed by atoms with Crippen molar-refractivity contribution in [2.24, 2.45) is 0 Å². The average molecular weight is 225 g/mol. The smallest absolute Gasteiger partial charge is 0.347 e. The Kier molecular flexibility index (Phi) is 2.46. The van der Waals surface area contributed by atoms with Gasteiger partial charge in [0.25, 0.3) is 0 Å². The van der Waals surface area contributed by atoms with Crippen LogP contribution in [0.2, 0.25) is 0 Å². The van der Waals surface area contributed by atoms with Crippen LogP contribution >= 0.6 is 0 Å². The fourth-order valence-corrected chi connectivity index (χ4v) is 1.78. The number of anilines is 1. The van der Waals surface area contributed by atoms with Gasteiger partial charge in [-0.25, -0.2) is 9.18 Å². The van der Waals surface area contributed by atoms with Crippen LogP contribution in [0, 0.1) is 5.82 Å². The van der Waals surface area contributed by atoms with Gasteiger partial charge >= 0.3 is 5.97 Å². The van der Waals surface area contributed by atoms with Crippen LogP contribution < -0.4 is 9.64 Å². The molecule has 1 aliphatic rings. The van der Waals surface area contributed by atoms with Gasteiger partial charge in [-0.1, -0.05) is 0 Å². The molecule has 0 amide bonds.